The van der Waals surface area contributed by atoms with Crippen LogP contribution in [-0.2, 0) is 0 Å². The van der Waals surface area contributed by atoms with E-state index in [-0.39, 0.29) is 0 Å². The van der Waals surface area contributed by atoms with Crippen molar-refractivity contribution in [1.82, 2.24) is 14.3 Å². The zero-order chi connectivity index (χ0) is 14.7. The third-order valence-electron chi connectivity index (χ3n) is 3.35. The summed E-state index contributed by atoms with van der Waals surface area (Å²) < 4.78 is 9.82. The monoisotopic (exact) mass is 306 g/mol. The summed E-state index contributed by atoms with van der Waals surface area (Å²) in [5.74, 6) is 1.98. The number of hydrogen-bond acceptors (Lipinski definition) is 8. The predicted molar refractivity (Wildman–Crippen MR) is 84.2 cm³/mol. The van der Waals surface area contributed by atoms with E-state index in [4.69, 9.17) is 10.5 Å². The van der Waals surface area contributed by atoms with Crippen molar-refractivity contribution in [3.63, 3.8) is 0 Å². The van der Waals surface area contributed by atoms with Gasteiger partial charge in [0, 0.05) is 38.6 Å². The lowest BCUT2D eigenvalue weighted by Gasteiger charge is -2.35. The van der Waals surface area contributed by atoms with E-state index >= 15 is 0 Å². The average Bonchev–Trinajstić information content (AvgIpc) is 2.90. The first kappa shape index (κ1) is 13.9. The van der Waals surface area contributed by atoms with Gasteiger partial charge in [0.1, 0.15) is 0 Å². The van der Waals surface area contributed by atoms with Gasteiger partial charge in [-0.3, -0.25) is 0 Å². The van der Waals surface area contributed by atoms with Gasteiger partial charge in [0.05, 0.1) is 6.61 Å². The first-order valence-electron chi connectivity index (χ1n) is 6.94. The van der Waals surface area contributed by atoms with Crippen LogP contribution < -0.4 is 20.3 Å². The Labute approximate surface area is 127 Å². The fourth-order valence-electron chi connectivity index (χ4n) is 2.33. The zero-order valence-corrected chi connectivity index (χ0v) is 12.7. The molecule has 1 aliphatic rings. The fraction of sp³-hybridized carbons (Fsp3) is 0.462. The molecule has 0 bridgehead atoms. The van der Waals surface area contributed by atoms with Gasteiger partial charge in [0.2, 0.25) is 5.95 Å². The van der Waals surface area contributed by atoms with Crippen LogP contribution in [-0.4, -0.2) is 47.1 Å². The summed E-state index contributed by atoms with van der Waals surface area (Å²) in [6, 6.07) is 1.83. The Bertz CT molecular complexity index is 582. The number of nitrogen functional groups attached to an aromatic ring is 1. The molecular weight excluding hydrogens is 288 g/mol. The van der Waals surface area contributed by atoms with Crippen molar-refractivity contribution in [3.8, 4) is 5.75 Å². The van der Waals surface area contributed by atoms with Crippen molar-refractivity contribution < 1.29 is 4.74 Å². The van der Waals surface area contributed by atoms with Crippen LogP contribution in [0.5, 0.6) is 5.75 Å². The van der Waals surface area contributed by atoms with E-state index in [1.54, 1.807) is 12.4 Å². The Morgan fingerprint density at radius 3 is 2.52 bits per heavy atom. The molecule has 0 unspecified atom stereocenters. The van der Waals surface area contributed by atoms with Crippen molar-refractivity contribution >= 4 is 28.3 Å². The van der Waals surface area contributed by atoms with Crippen molar-refractivity contribution in [2.75, 3.05) is 48.3 Å². The molecule has 0 aliphatic carbocycles. The van der Waals surface area contributed by atoms with E-state index in [1.165, 1.54) is 11.5 Å². The number of ether oxygens (including phenoxy) is 1. The van der Waals surface area contributed by atoms with Crippen LogP contribution in [0.25, 0.3) is 0 Å². The highest BCUT2D eigenvalue weighted by Crippen LogP contribution is 2.38. The lowest BCUT2D eigenvalue weighted by atomic mass is 10.3. The molecule has 1 saturated heterocycles. The maximum atomic E-state index is 5.87. The fourth-order valence-corrected chi connectivity index (χ4v) is 3.14. The Kier molecular flexibility index (Phi) is 4.05. The van der Waals surface area contributed by atoms with Gasteiger partial charge in [-0.05, 0) is 24.5 Å². The highest BCUT2D eigenvalue weighted by Gasteiger charge is 2.24. The summed E-state index contributed by atoms with van der Waals surface area (Å²) in [5.41, 5.74) is 5.87. The SMILES string of the molecule is CCOc1c(N)nsc1N1CCN(c2ncccn2)CC1. The van der Waals surface area contributed by atoms with Gasteiger partial charge in [-0.15, -0.1) is 0 Å². The number of aromatic nitrogens is 3. The molecule has 0 saturated carbocycles. The van der Waals surface area contributed by atoms with Crippen LogP contribution in [0.15, 0.2) is 18.5 Å². The van der Waals surface area contributed by atoms with Crippen LogP contribution in [0.2, 0.25) is 0 Å². The summed E-state index contributed by atoms with van der Waals surface area (Å²) in [5, 5.41) is 1.02. The molecule has 3 rings (SSSR count). The first-order chi connectivity index (χ1) is 10.3. The standard InChI is InChI=1S/C13H18N6OS/c1-2-20-10-11(14)17-21-12(10)18-6-8-19(9-7-18)13-15-4-3-5-16-13/h3-5H,2,6-9H2,1H3,(H2,14,17). The van der Waals surface area contributed by atoms with Crippen molar-refractivity contribution in [1.29, 1.82) is 0 Å². The molecule has 2 aromatic rings. The molecule has 0 aromatic carbocycles. The van der Waals surface area contributed by atoms with Gasteiger partial charge in [-0.2, -0.15) is 4.37 Å². The molecule has 0 radical (unpaired) electrons. The number of anilines is 3. The van der Waals surface area contributed by atoms with Crippen LogP contribution in [0.4, 0.5) is 16.8 Å². The smallest absolute Gasteiger partial charge is 0.225 e. The maximum Gasteiger partial charge on any atom is 0.225 e. The highest BCUT2D eigenvalue weighted by molar-refractivity contribution is 7.11. The van der Waals surface area contributed by atoms with Crippen LogP contribution in [0.3, 0.4) is 0 Å². The van der Waals surface area contributed by atoms with Gasteiger partial charge < -0.3 is 20.3 Å². The van der Waals surface area contributed by atoms with Crippen molar-refractivity contribution in [2.45, 2.75) is 6.92 Å². The minimum Gasteiger partial charge on any atom is -0.487 e. The average molecular weight is 306 g/mol. The largest absolute Gasteiger partial charge is 0.487 e. The number of piperazine rings is 1. The molecule has 2 N–H and O–H groups in total. The number of rotatable bonds is 4. The second-order valence-electron chi connectivity index (χ2n) is 4.66. The third-order valence-corrected chi connectivity index (χ3v) is 4.25. The van der Waals surface area contributed by atoms with E-state index in [0.717, 1.165) is 37.1 Å². The van der Waals surface area contributed by atoms with Crippen LogP contribution in [0, 0.1) is 0 Å². The predicted octanol–water partition coefficient (Wildman–Crippen LogP) is 1.24. The molecule has 1 fully saturated rings. The molecule has 1 aliphatic heterocycles. The van der Waals surface area contributed by atoms with Crippen molar-refractivity contribution in [3.05, 3.63) is 18.5 Å². The molecule has 21 heavy (non-hydrogen) atoms. The van der Waals surface area contributed by atoms with Gasteiger partial charge in [0.15, 0.2) is 16.6 Å². The summed E-state index contributed by atoms with van der Waals surface area (Å²) in [4.78, 5) is 13.0. The summed E-state index contributed by atoms with van der Waals surface area (Å²) in [7, 11) is 0. The lowest BCUT2D eigenvalue weighted by Crippen LogP contribution is -2.47. The minimum absolute atomic E-state index is 0.477. The second kappa shape index (κ2) is 6.13. The molecule has 3 heterocycles. The highest BCUT2D eigenvalue weighted by atomic mass is 32.1. The first-order valence-corrected chi connectivity index (χ1v) is 7.71. The Morgan fingerprint density at radius 1 is 1.19 bits per heavy atom. The summed E-state index contributed by atoms with van der Waals surface area (Å²) >= 11 is 1.40. The maximum absolute atomic E-state index is 5.87. The summed E-state index contributed by atoms with van der Waals surface area (Å²) in [6.45, 7) is 6.03. The van der Waals surface area contributed by atoms with Gasteiger partial charge in [-0.25, -0.2) is 9.97 Å². The van der Waals surface area contributed by atoms with Crippen LogP contribution in [0.1, 0.15) is 6.92 Å². The Hall–Kier alpha value is -2.09. The molecular formula is C13H18N6OS. The molecule has 112 valence electrons. The molecule has 0 amide bonds. The van der Waals surface area contributed by atoms with Gasteiger partial charge in [0.25, 0.3) is 0 Å². The summed E-state index contributed by atoms with van der Waals surface area (Å²) in [6.07, 6.45) is 3.54. The second-order valence-corrected chi connectivity index (χ2v) is 5.41. The van der Waals surface area contributed by atoms with E-state index < -0.39 is 0 Å². The van der Waals surface area contributed by atoms with E-state index in [0.29, 0.717) is 18.2 Å². The van der Waals surface area contributed by atoms with Crippen LogP contribution >= 0.6 is 11.5 Å². The van der Waals surface area contributed by atoms with Crippen molar-refractivity contribution in [2.24, 2.45) is 0 Å². The van der Waals surface area contributed by atoms with E-state index in [9.17, 15) is 0 Å². The minimum atomic E-state index is 0.477. The Balaban J connectivity index is 1.69. The molecule has 8 heteroatoms. The van der Waals surface area contributed by atoms with Gasteiger partial charge >= 0.3 is 0 Å². The number of nitrogens with two attached hydrogens (primary N) is 1. The van der Waals surface area contributed by atoms with Gasteiger partial charge in [-0.1, -0.05) is 0 Å². The number of hydrogen-bond donors (Lipinski definition) is 1. The van der Waals surface area contributed by atoms with E-state index in [1.807, 2.05) is 13.0 Å². The topological polar surface area (TPSA) is 80.4 Å². The molecule has 0 atom stereocenters. The number of nitrogens with zero attached hydrogens (tertiary/aromatic N) is 5. The Morgan fingerprint density at radius 2 is 1.86 bits per heavy atom. The zero-order valence-electron chi connectivity index (χ0n) is 11.9. The molecule has 2 aromatic heterocycles. The molecule has 0 spiro atoms. The normalized spacial score (nSPS) is 15.3. The molecule has 7 nitrogen and oxygen atoms in total. The third kappa shape index (κ3) is 2.85. The quantitative estimate of drug-likeness (QED) is 0.910. The van der Waals surface area contributed by atoms with E-state index in [2.05, 4.69) is 24.1 Å². The lowest BCUT2D eigenvalue weighted by molar-refractivity contribution is 0.342.